The summed E-state index contributed by atoms with van der Waals surface area (Å²) in [6.07, 6.45) is 4.37. The van der Waals surface area contributed by atoms with Crippen molar-refractivity contribution in [1.82, 2.24) is 14.4 Å². The van der Waals surface area contributed by atoms with Gasteiger partial charge < -0.3 is 10.8 Å². The third-order valence-corrected chi connectivity index (χ3v) is 5.75. The molecule has 5 rings (SSSR count). The number of hydrogen-bond acceptors (Lipinski definition) is 4. The summed E-state index contributed by atoms with van der Waals surface area (Å²) in [6, 6.07) is 13.9. The minimum atomic E-state index is -3.09. The van der Waals surface area contributed by atoms with Crippen molar-refractivity contribution in [3.05, 3.63) is 83.9 Å². The zero-order chi connectivity index (χ0) is 20.9. The number of alkyl halides is 2. The number of hydrogen-bond donors (Lipinski definition) is 2. The lowest BCUT2D eigenvalue weighted by Crippen LogP contribution is -2.27. The molecule has 0 aliphatic heterocycles. The molecule has 0 saturated heterocycles. The van der Waals surface area contributed by atoms with Crippen LogP contribution in [0.2, 0.25) is 0 Å². The quantitative estimate of drug-likeness (QED) is 0.528. The number of aromatic nitrogens is 3. The van der Waals surface area contributed by atoms with Gasteiger partial charge in [-0.25, -0.2) is 9.97 Å². The summed E-state index contributed by atoms with van der Waals surface area (Å²) >= 11 is 0. The van der Waals surface area contributed by atoms with Crippen molar-refractivity contribution < 1.29 is 13.9 Å². The first-order chi connectivity index (χ1) is 14.4. The molecule has 1 aliphatic carbocycles. The van der Waals surface area contributed by atoms with Crippen molar-refractivity contribution in [3.63, 3.8) is 0 Å². The van der Waals surface area contributed by atoms with E-state index in [2.05, 4.69) is 4.98 Å². The summed E-state index contributed by atoms with van der Waals surface area (Å²) in [4.78, 5) is 8.94. The van der Waals surface area contributed by atoms with Gasteiger partial charge in [0.25, 0.3) is 5.92 Å². The fraction of sp³-hybridized carbons (Fsp3) is 0.217. The van der Waals surface area contributed by atoms with Crippen LogP contribution in [0.1, 0.15) is 35.7 Å². The van der Waals surface area contributed by atoms with Gasteiger partial charge in [-0.15, -0.1) is 0 Å². The molecule has 7 heteroatoms. The van der Waals surface area contributed by atoms with Crippen molar-refractivity contribution in [2.75, 3.05) is 5.73 Å². The Kier molecular flexibility index (Phi) is 4.29. The van der Waals surface area contributed by atoms with Crippen LogP contribution in [0.5, 0.6) is 0 Å². The van der Waals surface area contributed by atoms with Gasteiger partial charge in [0.15, 0.2) is 0 Å². The Labute approximate surface area is 171 Å². The average molecular weight is 406 g/mol. The number of anilines is 1. The molecule has 152 valence electrons. The van der Waals surface area contributed by atoms with E-state index in [0.29, 0.717) is 35.4 Å². The summed E-state index contributed by atoms with van der Waals surface area (Å²) < 4.78 is 31.6. The molecule has 2 aromatic carbocycles. The standard InChI is InChI=1S/C23H20F2N4O/c24-23(25,16-4-2-1-3-5-16)17-8-6-14(7-9-17)19-20-21(26)27-10-11-29(20)22(28-19)15-12-18(30)13-15/h1-11,15,18,30H,12-13H2,(H2,26,27)/t15-,18+. The Bertz CT molecular complexity index is 1200. The van der Waals surface area contributed by atoms with Gasteiger partial charge in [0.2, 0.25) is 0 Å². The Hall–Kier alpha value is -3.32. The highest BCUT2D eigenvalue weighted by molar-refractivity contribution is 5.85. The van der Waals surface area contributed by atoms with Crippen LogP contribution in [0.4, 0.5) is 14.6 Å². The Morgan fingerprint density at radius 1 is 1.00 bits per heavy atom. The van der Waals surface area contributed by atoms with E-state index >= 15 is 0 Å². The molecule has 0 radical (unpaired) electrons. The maximum Gasteiger partial charge on any atom is 0.298 e. The number of nitrogen functional groups attached to an aromatic ring is 1. The van der Waals surface area contributed by atoms with Crippen LogP contribution in [0.25, 0.3) is 16.8 Å². The molecule has 0 bridgehead atoms. The number of nitrogens with zero attached hydrogens (tertiary/aromatic N) is 3. The predicted octanol–water partition coefficient (Wildman–Crippen LogP) is 4.36. The second-order valence-corrected chi connectivity index (χ2v) is 7.69. The minimum Gasteiger partial charge on any atom is -0.393 e. The molecule has 0 amide bonds. The number of fused-ring (bicyclic) bond motifs is 1. The number of aliphatic hydroxyl groups excluding tert-OH is 1. The zero-order valence-electron chi connectivity index (χ0n) is 16.0. The van der Waals surface area contributed by atoms with Gasteiger partial charge in [0.05, 0.1) is 6.10 Å². The third kappa shape index (κ3) is 2.93. The smallest absolute Gasteiger partial charge is 0.298 e. The fourth-order valence-corrected chi connectivity index (χ4v) is 4.03. The molecular weight excluding hydrogens is 386 g/mol. The summed E-state index contributed by atoms with van der Waals surface area (Å²) in [5, 5.41) is 9.69. The highest BCUT2D eigenvalue weighted by atomic mass is 19.3. The molecule has 0 unspecified atom stereocenters. The fourth-order valence-electron chi connectivity index (χ4n) is 4.03. The third-order valence-electron chi connectivity index (χ3n) is 5.75. The van der Waals surface area contributed by atoms with Crippen LogP contribution in [0, 0.1) is 0 Å². The second kappa shape index (κ2) is 6.88. The van der Waals surface area contributed by atoms with Gasteiger partial charge >= 0.3 is 0 Å². The molecule has 2 aromatic heterocycles. The molecule has 30 heavy (non-hydrogen) atoms. The molecule has 3 N–H and O–H groups in total. The van der Waals surface area contributed by atoms with Gasteiger partial charge in [-0.3, -0.25) is 4.40 Å². The second-order valence-electron chi connectivity index (χ2n) is 7.69. The van der Waals surface area contributed by atoms with Crippen molar-refractivity contribution in [1.29, 1.82) is 0 Å². The molecule has 5 nitrogen and oxygen atoms in total. The molecular formula is C23H20F2N4O. The Morgan fingerprint density at radius 2 is 1.67 bits per heavy atom. The van der Waals surface area contributed by atoms with Gasteiger partial charge in [-0.2, -0.15) is 8.78 Å². The Morgan fingerprint density at radius 3 is 2.33 bits per heavy atom. The van der Waals surface area contributed by atoms with E-state index in [0.717, 1.165) is 5.82 Å². The van der Waals surface area contributed by atoms with Gasteiger partial charge in [0, 0.05) is 35.0 Å². The van der Waals surface area contributed by atoms with E-state index in [1.54, 1.807) is 42.7 Å². The average Bonchev–Trinajstić information content (AvgIpc) is 3.13. The molecule has 2 heterocycles. The van der Waals surface area contributed by atoms with Crippen molar-refractivity contribution >= 4 is 11.3 Å². The van der Waals surface area contributed by atoms with Crippen LogP contribution in [-0.4, -0.2) is 25.6 Å². The van der Waals surface area contributed by atoms with Crippen LogP contribution < -0.4 is 5.73 Å². The molecule has 0 spiro atoms. The van der Waals surface area contributed by atoms with Crippen LogP contribution in [-0.2, 0) is 5.92 Å². The minimum absolute atomic E-state index is 0.0514. The largest absolute Gasteiger partial charge is 0.393 e. The van der Waals surface area contributed by atoms with E-state index in [9.17, 15) is 13.9 Å². The number of imidazole rings is 1. The molecule has 4 aromatic rings. The van der Waals surface area contributed by atoms with Crippen LogP contribution in [0.15, 0.2) is 67.0 Å². The summed E-state index contributed by atoms with van der Waals surface area (Å²) in [5.74, 6) is -1.84. The zero-order valence-corrected chi connectivity index (χ0v) is 16.0. The topological polar surface area (TPSA) is 76.4 Å². The van der Waals surface area contributed by atoms with Crippen LogP contribution >= 0.6 is 0 Å². The van der Waals surface area contributed by atoms with E-state index < -0.39 is 5.92 Å². The number of rotatable bonds is 4. The highest BCUT2D eigenvalue weighted by Crippen LogP contribution is 2.40. The SMILES string of the molecule is Nc1nccn2c1c(-c1ccc(C(F)(F)c3ccccc3)cc1)nc2[C@H]1C[C@@H](O)C1. The first-order valence-electron chi connectivity index (χ1n) is 9.80. The van der Waals surface area contributed by atoms with E-state index in [4.69, 9.17) is 10.7 Å². The molecule has 1 saturated carbocycles. The predicted molar refractivity (Wildman–Crippen MR) is 110 cm³/mol. The molecule has 1 aliphatic rings. The first kappa shape index (κ1) is 18.7. The maximum absolute atomic E-state index is 14.9. The normalized spacial score (nSPS) is 19.0. The van der Waals surface area contributed by atoms with Crippen molar-refractivity contribution in [2.45, 2.75) is 30.8 Å². The van der Waals surface area contributed by atoms with E-state index in [1.165, 1.54) is 24.3 Å². The van der Waals surface area contributed by atoms with Gasteiger partial charge in [0.1, 0.15) is 22.9 Å². The van der Waals surface area contributed by atoms with E-state index in [-0.39, 0.29) is 23.1 Å². The monoisotopic (exact) mass is 406 g/mol. The maximum atomic E-state index is 14.9. The lowest BCUT2D eigenvalue weighted by atomic mass is 9.82. The van der Waals surface area contributed by atoms with Gasteiger partial charge in [-0.1, -0.05) is 54.6 Å². The number of aliphatic hydroxyl groups is 1. The Balaban J connectivity index is 1.57. The van der Waals surface area contributed by atoms with Gasteiger partial charge in [-0.05, 0) is 12.8 Å². The van der Waals surface area contributed by atoms with Crippen molar-refractivity contribution in [2.24, 2.45) is 0 Å². The summed E-state index contributed by atoms with van der Waals surface area (Å²) in [5.41, 5.74) is 7.93. The first-order valence-corrected chi connectivity index (χ1v) is 9.80. The van der Waals surface area contributed by atoms with Crippen LogP contribution in [0.3, 0.4) is 0 Å². The van der Waals surface area contributed by atoms with E-state index in [1.807, 2.05) is 4.40 Å². The number of benzene rings is 2. The number of halogens is 2. The highest BCUT2D eigenvalue weighted by Gasteiger charge is 2.35. The summed E-state index contributed by atoms with van der Waals surface area (Å²) in [7, 11) is 0. The van der Waals surface area contributed by atoms with Crippen molar-refractivity contribution in [3.8, 4) is 11.3 Å². The number of nitrogens with two attached hydrogens (primary N) is 1. The molecule has 0 atom stereocenters. The lowest BCUT2D eigenvalue weighted by molar-refractivity contribution is 0.0428. The molecule has 1 fully saturated rings. The summed E-state index contributed by atoms with van der Waals surface area (Å²) in [6.45, 7) is 0. The lowest BCUT2D eigenvalue weighted by Gasteiger charge is -2.30.